The minimum Gasteiger partial charge on any atom is -0.478 e. The molecular weight excluding hydrogens is 352 g/mol. The molecule has 2 rings (SSSR count). The van der Waals surface area contributed by atoms with E-state index >= 15 is 0 Å². The van der Waals surface area contributed by atoms with Crippen molar-refractivity contribution < 1.29 is 29.3 Å². The molecule has 2 aromatic carbocycles. The van der Waals surface area contributed by atoms with Crippen molar-refractivity contribution >= 4 is 11.9 Å². The molecule has 27 heavy (non-hydrogen) atoms. The topological polar surface area (TPSA) is 141 Å². The van der Waals surface area contributed by atoms with Crippen LogP contribution >= 0.6 is 0 Å². The van der Waals surface area contributed by atoms with Crippen LogP contribution in [0.3, 0.4) is 0 Å². The van der Waals surface area contributed by atoms with Gasteiger partial charge in [0.25, 0.3) is 12.5 Å². The van der Waals surface area contributed by atoms with E-state index in [9.17, 15) is 19.8 Å². The number of nitrogens with zero attached hydrogens (tertiary/aromatic N) is 2. The zero-order valence-electron chi connectivity index (χ0n) is 14.4. The average Bonchev–Trinajstić information content (AvgIpc) is 2.61. The van der Waals surface area contributed by atoms with Crippen LogP contribution in [0.1, 0.15) is 45.7 Å². The summed E-state index contributed by atoms with van der Waals surface area (Å²) in [6.45, 7) is 3.47. The van der Waals surface area contributed by atoms with E-state index in [2.05, 4.69) is 0 Å². The molecule has 0 saturated heterocycles. The second-order valence-electron chi connectivity index (χ2n) is 6.11. The molecule has 0 saturated carbocycles. The molecule has 2 aromatic rings. The van der Waals surface area contributed by atoms with Crippen LogP contribution in [0.4, 0.5) is 0 Å². The van der Waals surface area contributed by atoms with Gasteiger partial charge in [0.1, 0.15) is 11.5 Å². The summed E-state index contributed by atoms with van der Waals surface area (Å²) in [6, 6.07) is 8.23. The molecule has 0 aliphatic heterocycles. The van der Waals surface area contributed by atoms with Gasteiger partial charge in [-0.25, -0.2) is 9.59 Å². The van der Waals surface area contributed by atoms with E-state index in [1.165, 1.54) is 48.9 Å². The van der Waals surface area contributed by atoms with E-state index in [-0.39, 0.29) is 22.6 Å². The van der Waals surface area contributed by atoms with Gasteiger partial charge >= 0.3 is 11.9 Å². The molecule has 8 nitrogen and oxygen atoms in total. The Morgan fingerprint density at radius 1 is 0.815 bits per heavy atom. The van der Waals surface area contributed by atoms with Gasteiger partial charge in [0.2, 0.25) is 0 Å². The van der Waals surface area contributed by atoms with E-state index in [0.717, 1.165) is 0 Å². The van der Waals surface area contributed by atoms with Gasteiger partial charge in [-0.3, -0.25) is 0 Å². The van der Waals surface area contributed by atoms with Crippen molar-refractivity contribution in [2.75, 3.05) is 0 Å². The fourth-order valence-electron chi connectivity index (χ4n) is 2.56. The second kappa shape index (κ2) is 7.46. The maximum Gasteiger partial charge on any atom is 0.335 e. The van der Waals surface area contributed by atoms with Crippen LogP contribution in [0, 0.1) is 23.0 Å². The third kappa shape index (κ3) is 4.14. The van der Waals surface area contributed by atoms with Gasteiger partial charge in [-0.2, -0.15) is 0 Å². The van der Waals surface area contributed by atoms with Gasteiger partial charge < -0.3 is 19.7 Å². The van der Waals surface area contributed by atoms with E-state index < -0.39 is 17.4 Å². The minimum atomic E-state index is -1.21. The zero-order valence-corrected chi connectivity index (χ0v) is 14.4. The first-order valence-corrected chi connectivity index (χ1v) is 7.58. The summed E-state index contributed by atoms with van der Waals surface area (Å²) in [5, 5.41) is 36.0. The van der Waals surface area contributed by atoms with Crippen molar-refractivity contribution in [1.82, 2.24) is 0 Å². The first-order chi connectivity index (χ1) is 12.7. The molecule has 0 amide bonds. The Morgan fingerprint density at radius 3 is 1.48 bits per heavy atom. The number of carboxylic acid groups (broad SMARTS) is 2. The Labute approximate surface area is 154 Å². The third-order valence-electron chi connectivity index (χ3n) is 4.08. The van der Waals surface area contributed by atoms with E-state index in [1.54, 1.807) is 13.8 Å². The standard InChI is InChI=1S/C19H14N2O6/c1-19(2,13-3-11(17(22)23)5-15(7-13)26-9-20)14-4-12(18(24)25)6-16(8-14)27-10-21/h3-8H,1-2H3,(H,22,23)(H,24,25). The molecule has 2 N–H and O–H groups in total. The maximum atomic E-state index is 11.4. The summed E-state index contributed by atoms with van der Waals surface area (Å²) in [5.41, 5.74) is -0.128. The Kier molecular flexibility index (Phi) is 5.33. The first kappa shape index (κ1) is 19.3. The van der Waals surface area contributed by atoms with Crippen LogP contribution in [0.15, 0.2) is 36.4 Å². The Bertz CT molecular complexity index is 919. The number of carbonyl (C=O) groups is 2. The van der Waals surface area contributed by atoms with Gasteiger partial charge in [-0.05, 0) is 47.5 Å². The number of carboxylic acids is 2. The molecule has 0 unspecified atom stereocenters. The molecule has 0 radical (unpaired) electrons. The number of hydrogen-bond donors (Lipinski definition) is 2. The van der Waals surface area contributed by atoms with Crippen LogP contribution in [-0.4, -0.2) is 22.2 Å². The van der Waals surface area contributed by atoms with Crippen LogP contribution in [0.2, 0.25) is 0 Å². The Hall–Kier alpha value is -4.04. The van der Waals surface area contributed by atoms with Gasteiger partial charge in [0.05, 0.1) is 11.1 Å². The molecule has 0 aromatic heterocycles. The third-order valence-corrected chi connectivity index (χ3v) is 4.08. The summed E-state index contributed by atoms with van der Waals surface area (Å²) >= 11 is 0. The smallest absolute Gasteiger partial charge is 0.335 e. The lowest BCUT2D eigenvalue weighted by atomic mass is 9.77. The van der Waals surface area contributed by atoms with E-state index in [1.807, 2.05) is 0 Å². The minimum absolute atomic E-state index is 0.0448. The number of hydrogen-bond acceptors (Lipinski definition) is 6. The van der Waals surface area contributed by atoms with Crippen molar-refractivity contribution in [2.45, 2.75) is 19.3 Å². The predicted molar refractivity (Wildman–Crippen MR) is 91.4 cm³/mol. The largest absolute Gasteiger partial charge is 0.478 e. The molecule has 0 spiro atoms. The molecule has 0 aliphatic carbocycles. The van der Waals surface area contributed by atoms with Crippen LogP contribution in [0.5, 0.6) is 11.5 Å². The molecule has 0 bridgehead atoms. The molecular formula is C19H14N2O6. The van der Waals surface area contributed by atoms with Crippen molar-refractivity contribution in [3.05, 3.63) is 58.7 Å². The van der Waals surface area contributed by atoms with Gasteiger partial charge in [0.15, 0.2) is 0 Å². The highest BCUT2D eigenvalue weighted by atomic mass is 16.5. The lowest BCUT2D eigenvalue weighted by Gasteiger charge is -2.27. The van der Waals surface area contributed by atoms with Crippen molar-refractivity contribution in [2.24, 2.45) is 0 Å². The van der Waals surface area contributed by atoms with Crippen LogP contribution in [-0.2, 0) is 5.41 Å². The first-order valence-electron chi connectivity index (χ1n) is 7.58. The lowest BCUT2D eigenvalue weighted by Crippen LogP contribution is -2.20. The number of nitriles is 2. The van der Waals surface area contributed by atoms with Crippen molar-refractivity contribution in [3.8, 4) is 24.0 Å². The van der Waals surface area contributed by atoms with Gasteiger partial charge in [-0.15, -0.1) is 10.5 Å². The average molecular weight is 366 g/mol. The van der Waals surface area contributed by atoms with Crippen molar-refractivity contribution in [1.29, 1.82) is 10.5 Å². The Balaban J connectivity index is 2.68. The number of ether oxygens (including phenoxy) is 2. The van der Waals surface area contributed by atoms with Crippen LogP contribution < -0.4 is 9.47 Å². The molecule has 8 heteroatoms. The molecule has 0 atom stereocenters. The number of aromatic carboxylic acids is 2. The van der Waals surface area contributed by atoms with Crippen LogP contribution in [0.25, 0.3) is 0 Å². The maximum absolute atomic E-state index is 11.4. The summed E-state index contributed by atoms with van der Waals surface area (Å²) in [4.78, 5) is 22.8. The fourth-order valence-corrected chi connectivity index (χ4v) is 2.56. The normalized spacial score (nSPS) is 10.4. The molecule has 136 valence electrons. The molecule has 0 heterocycles. The van der Waals surface area contributed by atoms with E-state index in [4.69, 9.17) is 20.0 Å². The predicted octanol–water partition coefficient (Wildman–Crippen LogP) is 3.13. The monoisotopic (exact) mass is 366 g/mol. The van der Waals surface area contributed by atoms with E-state index in [0.29, 0.717) is 11.1 Å². The highest BCUT2D eigenvalue weighted by Crippen LogP contribution is 2.36. The highest BCUT2D eigenvalue weighted by Gasteiger charge is 2.27. The highest BCUT2D eigenvalue weighted by molar-refractivity contribution is 5.89. The number of benzene rings is 2. The Morgan fingerprint density at radius 2 is 1.19 bits per heavy atom. The van der Waals surface area contributed by atoms with Gasteiger partial charge in [-0.1, -0.05) is 13.8 Å². The lowest BCUT2D eigenvalue weighted by molar-refractivity contribution is 0.0686. The summed E-state index contributed by atoms with van der Waals surface area (Å²) < 4.78 is 9.55. The SMILES string of the molecule is CC(C)(c1cc(OC#N)cc(C(=O)O)c1)c1cc(OC#N)cc(C(=O)O)c1. The summed E-state index contributed by atoms with van der Waals surface area (Å²) in [5.74, 6) is -2.32. The summed E-state index contributed by atoms with van der Waals surface area (Å²) in [6.07, 6.45) is 2.98. The number of rotatable bonds is 6. The second-order valence-corrected chi connectivity index (χ2v) is 6.11. The van der Waals surface area contributed by atoms with Crippen molar-refractivity contribution in [3.63, 3.8) is 0 Å². The zero-order chi connectivity index (χ0) is 20.2. The van der Waals surface area contributed by atoms with Gasteiger partial charge in [0, 0.05) is 5.41 Å². The molecule has 0 aliphatic rings. The fraction of sp³-hybridized carbons (Fsp3) is 0.158. The summed E-state index contributed by atoms with van der Waals surface area (Å²) in [7, 11) is 0. The quantitative estimate of drug-likeness (QED) is 0.743. The molecule has 0 fully saturated rings.